The van der Waals surface area contributed by atoms with Crippen molar-refractivity contribution in [3.05, 3.63) is 108 Å². The molecule has 4 fully saturated rings. The van der Waals surface area contributed by atoms with Crippen molar-refractivity contribution >= 4 is 65.1 Å². The van der Waals surface area contributed by atoms with Crippen LogP contribution in [0.15, 0.2) is 104 Å². The average molecular weight is 1170 g/mol. The van der Waals surface area contributed by atoms with Crippen LogP contribution in [0.25, 0.3) is 33.5 Å². The van der Waals surface area contributed by atoms with Gasteiger partial charge in [0.1, 0.15) is 5.82 Å². The molecule has 0 unspecified atom stereocenters. The molecule has 0 atom stereocenters. The standard InChI is InChI=1S/C30H40N8O3S.C30H39N7O3S/c1-30(2,3)28-35-34-27(41-28)20-5-7-22(8-6-20)36-42(39,40)24-13-14-25-26(19-24)33-29(32-25)31-21-9-11-23(12-10-21)38-17-15-37(4)16-18-38;1-30(2,3)29-34-33-28(40-29)21-5-9-22(10-6-21)35-41(38,39)24-13-14-25-26(19-24)32-27(31-25)20-7-11-23(12-8-20)37-17-15-36(4)16-18-37/h9-14,19-20,22,36H,5-8,15-18H2,1-4H3,(H2,31,32,33);7-8,11-14,19,21-22,35H,5-6,9-10,15-18H2,1-4H3,(H,31,32). The number of sulfonamides is 2. The highest BCUT2D eigenvalue weighted by Gasteiger charge is 2.33. The number of aromatic amines is 2. The van der Waals surface area contributed by atoms with Gasteiger partial charge in [0.05, 0.1) is 31.9 Å². The highest BCUT2D eigenvalue weighted by molar-refractivity contribution is 7.89. The number of aromatic nitrogens is 8. The Hall–Kier alpha value is -6.76. The van der Waals surface area contributed by atoms with Gasteiger partial charge < -0.3 is 43.7 Å². The Kier molecular flexibility index (Phi) is 16.6. The van der Waals surface area contributed by atoms with Crippen LogP contribution < -0.4 is 24.6 Å². The normalized spacial score (nSPS) is 20.9. The Morgan fingerprint density at radius 2 is 0.928 bits per heavy atom. The van der Waals surface area contributed by atoms with E-state index < -0.39 is 20.0 Å². The van der Waals surface area contributed by atoms with Gasteiger partial charge in [-0.1, -0.05) is 41.5 Å². The van der Waals surface area contributed by atoms with Crippen molar-refractivity contribution in [1.82, 2.24) is 59.6 Å². The molecule has 21 nitrogen and oxygen atoms in total. The van der Waals surface area contributed by atoms with Crippen LogP contribution in [0.3, 0.4) is 0 Å². The average Bonchev–Trinajstić information content (AvgIpc) is 4.46. The van der Waals surface area contributed by atoms with Gasteiger partial charge in [-0.25, -0.2) is 36.2 Å². The predicted molar refractivity (Wildman–Crippen MR) is 323 cm³/mol. The van der Waals surface area contributed by atoms with E-state index in [-0.39, 0.29) is 44.5 Å². The van der Waals surface area contributed by atoms with Crippen molar-refractivity contribution in [3.63, 3.8) is 0 Å². The van der Waals surface area contributed by atoms with E-state index in [1.54, 1.807) is 36.4 Å². The quantitative estimate of drug-likeness (QED) is 0.0721. The van der Waals surface area contributed by atoms with E-state index in [0.29, 0.717) is 58.9 Å². The minimum absolute atomic E-state index is 0.131. The van der Waals surface area contributed by atoms with Gasteiger partial charge in [-0.15, -0.1) is 20.4 Å². The third-order valence-corrected chi connectivity index (χ3v) is 19.5. The van der Waals surface area contributed by atoms with Crippen molar-refractivity contribution in [1.29, 1.82) is 0 Å². The minimum Gasteiger partial charge on any atom is -0.424 e. The first kappa shape index (κ1) is 58.0. The fourth-order valence-corrected chi connectivity index (χ4v) is 13.9. The lowest BCUT2D eigenvalue weighted by Gasteiger charge is -2.34. The topological polar surface area (TPSA) is 253 Å². The van der Waals surface area contributed by atoms with Crippen molar-refractivity contribution < 1.29 is 25.7 Å². The number of hydrogen-bond acceptors (Lipinski definition) is 17. The molecule has 0 spiro atoms. The van der Waals surface area contributed by atoms with Gasteiger partial charge in [-0.05, 0) is 150 Å². The third kappa shape index (κ3) is 13.8. The van der Waals surface area contributed by atoms with Crippen LogP contribution in [0.2, 0.25) is 0 Å². The molecular formula is C60H79N15O6S2. The van der Waals surface area contributed by atoms with E-state index in [9.17, 15) is 16.8 Å². The number of H-pyrrole nitrogens is 2. The molecular weight excluding hydrogens is 1090 g/mol. The maximum Gasteiger partial charge on any atom is 0.240 e. The summed E-state index contributed by atoms with van der Waals surface area (Å²) in [5.41, 5.74) is 6.69. The number of likely N-dealkylation sites (N-methyl/N-ethyl adjacent to an activating group) is 2. The van der Waals surface area contributed by atoms with Gasteiger partial charge in [0.2, 0.25) is 49.6 Å². The first-order valence-corrected chi connectivity index (χ1v) is 32.1. The van der Waals surface area contributed by atoms with E-state index in [0.717, 1.165) is 113 Å². The van der Waals surface area contributed by atoms with Gasteiger partial charge in [0.25, 0.3) is 0 Å². The molecule has 0 radical (unpaired) electrons. The van der Waals surface area contributed by atoms with Gasteiger partial charge in [0, 0.05) is 110 Å². The van der Waals surface area contributed by atoms with Gasteiger partial charge in [-0.2, -0.15) is 0 Å². The van der Waals surface area contributed by atoms with Crippen LogP contribution in [0.5, 0.6) is 0 Å². The van der Waals surface area contributed by atoms with E-state index >= 15 is 0 Å². The van der Waals surface area contributed by atoms with Crippen molar-refractivity contribution in [2.24, 2.45) is 0 Å². The van der Waals surface area contributed by atoms with Crippen LogP contribution in [0.1, 0.15) is 128 Å². The zero-order chi connectivity index (χ0) is 58.3. The molecule has 4 aliphatic rings. The second-order valence-electron chi connectivity index (χ2n) is 25.1. The molecule has 2 saturated carbocycles. The van der Waals surface area contributed by atoms with Crippen LogP contribution in [0.4, 0.5) is 23.0 Å². The first-order chi connectivity index (χ1) is 39.6. The molecule has 5 N–H and O–H groups in total. The molecule has 2 aliphatic carbocycles. The molecule has 4 aromatic heterocycles. The van der Waals surface area contributed by atoms with Gasteiger partial charge in [0.15, 0.2) is 0 Å². The van der Waals surface area contributed by atoms with Gasteiger partial charge >= 0.3 is 0 Å². The summed E-state index contributed by atoms with van der Waals surface area (Å²) >= 11 is 0. The Morgan fingerprint density at radius 1 is 0.506 bits per heavy atom. The number of anilines is 4. The fraction of sp³-hybridized carbons (Fsp3) is 0.500. The Morgan fingerprint density at radius 3 is 1.36 bits per heavy atom. The van der Waals surface area contributed by atoms with Crippen molar-refractivity contribution in [2.45, 2.75) is 137 Å². The molecule has 2 saturated heterocycles. The Labute approximate surface area is 486 Å². The number of imidazole rings is 2. The molecule has 6 heterocycles. The minimum atomic E-state index is -3.69. The van der Waals surface area contributed by atoms with Gasteiger partial charge in [-0.3, -0.25) is 0 Å². The molecule has 2 aliphatic heterocycles. The van der Waals surface area contributed by atoms with E-state index in [1.165, 1.54) is 11.4 Å². The molecule has 83 heavy (non-hydrogen) atoms. The summed E-state index contributed by atoms with van der Waals surface area (Å²) in [6.07, 6.45) is 6.06. The smallest absolute Gasteiger partial charge is 0.240 e. The molecule has 23 heteroatoms. The van der Waals surface area contributed by atoms with E-state index in [4.69, 9.17) is 13.8 Å². The lowest BCUT2D eigenvalue weighted by molar-refractivity contribution is 0.304. The highest BCUT2D eigenvalue weighted by atomic mass is 32.2. The number of nitrogens with one attached hydrogen (secondary N) is 5. The number of benzene rings is 4. The molecule has 4 aromatic carbocycles. The molecule has 12 rings (SSSR count). The lowest BCUT2D eigenvalue weighted by atomic mass is 9.86. The third-order valence-electron chi connectivity index (χ3n) is 16.5. The Balaban J connectivity index is 0.000000174. The number of fused-ring (bicyclic) bond motifs is 2. The van der Waals surface area contributed by atoms with Crippen molar-refractivity contribution in [2.75, 3.05) is 81.6 Å². The molecule has 442 valence electrons. The van der Waals surface area contributed by atoms with Crippen LogP contribution in [-0.4, -0.2) is 146 Å². The Bertz CT molecular complexity index is 3720. The lowest BCUT2D eigenvalue weighted by Crippen LogP contribution is -2.44. The van der Waals surface area contributed by atoms with Crippen LogP contribution in [-0.2, 0) is 30.9 Å². The summed E-state index contributed by atoms with van der Waals surface area (Å²) in [6.45, 7) is 20.6. The van der Waals surface area contributed by atoms with E-state index in [2.05, 4.69) is 120 Å². The largest absolute Gasteiger partial charge is 0.424 e. The summed E-state index contributed by atoms with van der Waals surface area (Å²) in [5, 5.41) is 20.3. The number of nitrogens with zero attached hydrogens (tertiary/aromatic N) is 10. The molecule has 0 amide bonds. The summed E-state index contributed by atoms with van der Waals surface area (Å²) in [4.78, 5) is 25.8. The monoisotopic (exact) mass is 1170 g/mol. The zero-order valence-corrected chi connectivity index (χ0v) is 50.6. The molecule has 8 aromatic rings. The molecule has 0 bridgehead atoms. The second kappa shape index (κ2) is 23.7. The SMILES string of the molecule is CN1CCN(c2ccc(-c3nc4ccc(S(=O)(=O)NC5CCC(c6nnc(C(C)(C)C)o6)CC5)cc4[nH]3)cc2)CC1.CN1CCN(c2ccc(Nc3nc4ccc(S(=O)(=O)NC5CCC(c6nnc(C(C)(C)C)o6)CC5)cc4[nH]3)cc2)CC1. The number of hydrogen-bond donors (Lipinski definition) is 5. The van der Waals surface area contributed by atoms with E-state index in [1.807, 2.05) is 53.7 Å². The van der Waals surface area contributed by atoms with Crippen LogP contribution >= 0.6 is 0 Å². The first-order valence-electron chi connectivity index (χ1n) is 29.1. The predicted octanol–water partition coefficient (Wildman–Crippen LogP) is 9.41. The number of rotatable bonds is 13. The van der Waals surface area contributed by atoms with Crippen LogP contribution in [0, 0.1) is 0 Å². The summed E-state index contributed by atoms with van der Waals surface area (Å²) in [5.74, 6) is 4.18. The summed E-state index contributed by atoms with van der Waals surface area (Å²) < 4.78 is 70.8. The number of piperazine rings is 2. The maximum absolute atomic E-state index is 13.3. The maximum atomic E-state index is 13.3. The fourth-order valence-electron chi connectivity index (χ4n) is 11.3. The zero-order valence-electron chi connectivity index (χ0n) is 48.9. The summed E-state index contributed by atoms with van der Waals surface area (Å²) in [7, 11) is -3.07. The second-order valence-corrected chi connectivity index (χ2v) is 28.5. The highest BCUT2D eigenvalue weighted by Crippen LogP contribution is 2.37. The summed E-state index contributed by atoms with van der Waals surface area (Å²) in [6, 6.07) is 26.5. The van der Waals surface area contributed by atoms with Crippen molar-refractivity contribution in [3.8, 4) is 11.4 Å².